The second-order valence-electron chi connectivity index (χ2n) is 5.26. The van der Waals surface area contributed by atoms with E-state index in [4.69, 9.17) is 10.5 Å². The van der Waals surface area contributed by atoms with E-state index >= 15 is 0 Å². The lowest BCUT2D eigenvalue weighted by Gasteiger charge is -2.39. The van der Waals surface area contributed by atoms with Gasteiger partial charge in [0.25, 0.3) is 0 Å². The topological polar surface area (TPSA) is 52.3 Å². The number of carbonyl (C=O) groups excluding carboxylic acids is 1. The monoisotopic (exact) mass is 283 g/mol. The summed E-state index contributed by atoms with van der Waals surface area (Å²) in [6.45, 7) is 1.94. The van der Waals surface area contributed by atoms with E-state index in [1.807, 2.05) is 18.2 Å². The third-order valence-corrected chi connectivity index (χ3v) is 3.93. The van der Waals surface area contributed by atoms with Crippen molar-refractivity contribution < 1.29 is 9.53 Å². The number of carbonyl (C=O) groups is 1. The molecule has 1 aliphatic carbocycles. The molecular formula is C15H22ClNO2. The molecule has 3 nitrogen and oxygen atoms in total. The van der Waals surface area contributed by atoms with E-state index in [1.54, 1.807) is 0 Å². The number of ether oxygens (including phenoxy) is 1. The second kappa shape index (κ2) is 6.92. The normalized spacial score (nSPS) is 26.3. The summed E-state index contributed by atoms with van der Waals surface area (Å²) in [5.41, 5.74) is 7.21. The van der Waals surface area contributed by atoms with Gasteiger partial charge in [-0.1, -0.05) is 30.3 Å². The molecule has 1 aromatic rings. The number of esters is 1. The summed E-state index contributed by atoms with van der Waals surface area (Å²) in [5, 5.41) is 0. The minimum absolute atomic E-state index is 0. The molecule has 0 bridgehead atoms. The Morgan fingerprint density at radius 1 is 1.32 bits per heavy atom. The summed E-state index contributed by atoms with van der Waals surface area (Å²) in [5.74, 6) is -0.208. The van der Waals surface area contributed by atoms with Crippen LogP contribution in [0.2, 0.25) is 0 Å². The van der Waals surface area contributed by atoms with Crippen LogP contribution in [0.15, 0.2) is 30.3 Å². The van der Waals surface area contributed by atoms with Crippen LogP contribution in [0.25, 0.3) is 0 Å². The minimum Gasteiger partial charge on any atom is -0.465 e. The van der Waals surface area contributed by atoms with Gasteiger partial charge < -0.3 is 10.5 Å². The van der Waals surface area contributed by atoms with Gasteiger partial charge >= 0.3 is 5.97 Å². The van der Waals surface area contributed by atoms with E-state index in [0.29, 0.717) is 12.6 Å². The number of rotatable bonds is 3. The zero-order valence-corrected chi connectivity index (χ0v) is 12.1. The largest absolute Gasteiger partial charge is 0.465 e. The van der Waals surface area contributed by atoms with Crippen molar-refractivity contribution in [2.45, 2.75) is 44.1 Å². The highest BCUT2D eigenvalue weighted by Gasteiger charge is 2.37. The average molecular weight is 284 g/mol. The Morgan fingerprint density at radius 2 is 1.89 bits per heavy atom. The van der Waals surface area contributed by atoms with E-state index in [1.165, 1.54) is 12.5 Å². The molecule has 0 unspecified atom stereocenters. The number of benzene rings is 1. The molecule has 0 atom stereocenters. The van der Waals surface area contributed by atoms with Gasteiger partial charge in [-0.2, -0.15) is 0 Å². The number of hydrogen-bond donors (Lipinski definition) is 1. The van der Waals surface area contributed by atoms with Crippen molar-refractivity contribution in [1.29, 1.82) is 0 Å². The molecule has 4 heteroatoms. The molecule has 106 valence electrons. The third kappa shape index (κ3) is 3.95. The lowest BCUT2D eigenvalue weighted by Crippen LogP contribution is -2.40. The summed E-state index contributed by atoms with van der Waals surface area (Å²) in [6, 6.07) is 10.6. The van der Waals surface area contributed by atoms with Crippen LogP contribution < -0.4 is 5.73 Å². The summed E-state index contributed by atoms with van der Waals surface area (Å²) in [4.78, 5) is 11.1. The number of halogens is 1. The average Bonchev–Trinajstić information content (AvgIpc) is 2.39. The zero-order chi connectivity index (χ0) is 13.0. The first kappa shape index (κ1) is 16.0. The molecule has 19 heavy (non-hydrogen) atoms. The molecule has 0 heterocycles. The molecule has 2 rings (SSSR count). The van der Waals surface area contributed by atoms with Crippen molar-refractivity contribution in [2.75, 3.05) is 6.61 Å². The maximum absolute atomic E-state index is 11.1. The molecular weight excluding hydrogens is 262 g/mol. The highest BCUT2D eigenvalue weighted by Crippen LogP contribution is 2.39. The van der Waals surface area contributed by atoms with Crippen molar-refractivity contribution in [3.63, 3.8) is 0 Å². The van der Waals surface area contributed by atoms with Gasteiger partial charge in [0, 0.05) is 18.4 Å². The fraction of sp³-hybridized carbons (Fsp3) is 0.533. The molecule has 1 fully saturated rings. The Bertz CT molecular complexity index is 400. The summed E-state index contributed by atoms with van der Waals surface area (Å²) < 4.78 is 5.29. The van der Waals surface area contributed by atoms with Crippen LogP contribution in [0.5, 0.6) is 0 Å². The Labute approximate surface area is 120 Å². The van der Waals surface area contributed by atoms with E-state index in [9.17, 15) is 4.79 Å². The van der Waals surface area contributed by atoms with E-state index in [2.05, 4.69) is 12.1 Å². The summed E-state index contributed by atoms with van der Waals surface area (Å²) in [6.07, 6.45) is 3.98. The Morgan fingerprint density at radius 3 is 2.42 bits per heavy atom. The van der Waals surface area contributed by atoms with Gasteiger partial charge in [0.05, 0.1) is 0 Å². The molecule has 0 spiro atoms. The van der Waals surface area contributed by atoms with Crippen LogP contribution in [0, 0.1) is 0 Å². The van der Waals surface area contributed by atoms with E-state index in [-0.39, 0.29) is 23.8 Å². The fourth-order valence-electron chi connectivity index (χ4n) is 2.74. The first-order valence-corrected chi connectivity index (χ1v) is 6.57. The Kier molecular flexibility index (Phi) is 5.83. The second-order valence-corrected chi connectivity index (χ2v) is 5.26. The van der Waals surface area contributed by atoms with Crippen molar-refractivity contribution in [3.8, 4) is 0 Å². The first-order chi connectivity index (χ1) is 8.62. The quantitative estimate of drug-likeness (QED) is 0.868. The maximum Gasteiger partial charge on any atom is 0.302 e. The predicted molar refractivity (Wildman–Crippen MR) is 78.4 cm³/mol. The SMILES string of the molecule is CC(=O)OCC1(c2ccccc2)CCC(N)CC1.Cl. The van der Waals surface area contributed by atoms with Gasteiger partial charge in [-0.3, -0.25) is 4.79 Å². The molecule has 0 aromatic heterocycles. The van der Waals surface area contributed by atoms with Crippen LogP contribution in [-0.4, -0.2) is 18.6 Å². The standard InChI is InChI=1S/C15H21NO2.ClH/c1-12(17)18-11-15(9-7-14(16)8-10-15)13-5-3-2-4-6-13;/h2-6,14H,7-11,16H2,1H3;1H. The van der Waals surface area contributed by atoms with Gasteiger partial charge in [-0.15, -0.1) is 12.4 Å². The van der Waals surface area contributed by atoms with Crippen molar-refractivity contribution in [3.05, 3.63) is 35.9 Å². The highest BCUT2D eigenvalue weighted by molar-refractivity contribution is 5.85. The molecule has 0 saturated heterocycles. The van der Waals surface area contributed by atoms with Crippen LogP contribution >= 0.6 is 12.4 Å². The van der Waals surface area contributed by atoms with Gasteiger partial charge in [-0.25, -0.2) is 0 Å². The van der Waals surface area contributed by atoms with Crippen LogP contribution in [0.3, 0.4) is 0 Å². The van der Waals surface area contributed by atoms with E-state index in [0.717, 1.165) is 25.7 Å². The fourth-order valence-corrected chi connectivity index (χ4v) is 2.74. The lowest BCUT2D eigenvalue weighted by atomic mass is 9.69. The molecule has 2 N–H and O–H groups in total. The van der Waals surface area contributed by atoms with Gasteiger partial charge in [-0.05, 0) is 31.2 Å². The molecule has 1 aliphatic rings. The van der Waals surface area contributed by atoms with E-state index < -0.39 is 0 Å². The van der Waals surface area contributed by atoms with Gasteiger partial charge in [0.15, 0.2) is 0 Å². The minimum atomic E-state index is -0.208. The molecule has 0 radical (unpaired) electrons. The molecule has 1 saturated carbocycles. The van der Waals surface area contributed by atoms with Crippen LogP contribution in [0.4, 0.5) is 0 Å². The van der Waals surface area contributed by atoms with Crippen LogP contribution in [0.1, 0.15) is 38.2 Å². The van der Waals surface area contributed by atoms with Crippen LogP contribution in [-0.2, 0) is 14.9 Å². The number of nitrogens with two attached hydrogens (primary N) is 1. The lowest BCUT2D eigenvalue weighted by molar-refractivity contribution is -0.143. The third-order valence-electron chi connectivity index (χ3n) is 3.93. The summed E-state index contributed by atoms with van der Waals surface area (Å²) >= 11 is 0. The van der Waals surface area contributed by atoms with Crippen molar-refractivity contribution in [2.24, 2.45) is 5.73 Å². The molecule has 0 amide bonds. The highest BCUT2D eigenvalue weighted by atomic mass is 35.5. The van der Waals surface area contributed by atoms with Gasteiger partial charge in [0.2, 0.25) is 0 Å². The van der Waals surface area contributed by atoms with Gasteiger partial charge in [0.1, 0.15) is 6.61 Å². The zero-order valence-electron chi connectivity index (χ0n) is 11.3. The Balaban J connectivity index is 0.00000180. The Hall–Kier alpha value is -1.06. The van der Waals surface area contributed by atoms with Crippen molar-refractivity contribution >= 4 is 18.4 Å². The maximum atomic E-state index is 11.1. The summed E-state index contributed by atoms with van der Waals surface area (Å²) in [7, 11) is 0. The number of hydrogen-bond acceptors (Lipinski definition) is 3. The smallest absolute Gasteiger partial charge is 0.302 e. The molecule has 0 aliphatic heterocycles. The van der Waals surface area contributed by atoms with Crippen molar-refractivity contribution in [1.82, 2.24) is 0 Å². The first-order valence-electron chi connectivity index (χ1n) is 6.57. The molecule has 1 aromatic carbocycles. The predicted octanol–water partition coefficient (Wildman–Crippen LogP) is 2.81.